The Morgan fingerprint density at radius 3 is 1.26 bits per heavy atom. The molecule has 3 saturated heterocycles. The molecular weight excluding hydrogens is 1110 g/mol. The van der Waals surface area contributed by atoms with Crippen molar-refractivity contribution in [3.05, 3.63) is 116 Å². The van der Waals surface area contributed by atoms with E-state index in [2.05, 4.69) is 197 Å². The molecule has 0 atom stereocenters. The molecule has 0 spiro atoms. The lowest BCUT2D eigenvalue weighted by molar-refractivity contribution is 0.0180. The van der Waals surface area contributed by atoms with Gasteiger partial charge in [0.25, 0.3) is 0 Å². The Morgan fingerprint density at radius 2 is 0.888 bits per heavy atom. The maximum absolute atomic E-state index is 12.3. The van der Waals surface area contributed by atoms with E-state index in [1.807, 2.05) is 46.2 Å². The van der Waals surface area contributed by atoms with Crippen molar-refractivity contribution < 1.29 is 19.1 Å². The Bertz CT molecular complexity index is 3370. The molecule has 2 amide bonds. The summed E-state index contributed by atoms with van der Waals surface area (Å²) >= 11 is 0. The van der Waals surface area contributed by atoms with Gasteiger partial charge in [-0.1, -0.05) is 135 Å². The number of fused-ring (bicyclic) bond motifs is 3. The number of azide groups is 1. The summed E-state index contributed by atoms with van der Waals surface area (Å²) in [7, 11) is 0. The van der Waals surface area contributed by atoms with Crippen molar-refractivity contribution in [1.29, 1.82) is 0 Å². The maximum atomic E-state index is 12.3. The zero-order valence-electron chi connectivity index (χ0n) is 57.4. The van der Waals surface area contributed by atoms with Crippen molar-refractivity contribution in [1.82, 2.24) is 45.1 Å². The van der Waals surface area contributed by atoms with E-state index in [9.17, 15) is 9.59 Å². The second-order valence-electron chi connectivity index (χ2n) is 32.0. The van der Waals surface area contributed by atoms with Crippen molar-refractivity contribution >= 4 is 12.2 Å². The van der Waals surface area contributed by atoms with Gasteiger partial charge in [-0.05, 0) is 227 Å². The number of likely N-dealkylation sites (tertiary alicyclic amines) is 2. The molecule has 16 nitrogen and oxygen atoms in total. The van der Waals surface area contributed by atoms with Crippen LogP contribution in [0.2, 0.25) is 0 Å². The fourth-order valence-electron chi connectivity index (χ4n) is 13.6. The number of nitrogens with zero attached hydrogens (tertiary/aromatic N) is 11. The molecule has 16 heteroatoms. The predicted octanol–water partition coefficient (Wildman–Crippen LogP) is 16.8. The highest BCUT2D eigenvalue weighted by molar-refractivity contribution is 5.69. The van der Waals surface area contributed by atoms with Crippen LogP contribution in [-0.4, -0.2) is 108 Å². The van der Waals surface area contributed by atoms with E-state index >= 15 is 0 Å². The van der Waals surface area contributed by atoms with E-state index < -0.39 is 11.2 Å². The molecule has 11 rings (SSSR count). The number of amides is 2. The zero-order chi connectivity index (χ0) is 65.1. The first-order valence-electron chi connectivity index (χ1n) is 33.0. The van der Waals surface area contributed by atoms with Crippen molar-refractivity contribution in [3.8, 4) is 34.9 Å². The highest BCUT2D eigenvalue weighted by Gasteiger charge is 2.40. The van der Waals surface area contributed by atoms with Gasteiger partial charge in [-0.25, -0.2) is 19.0 Å². The van der Waals surface area contributed by atoms with Crippen molar-refractivity contribution in [2.75, 3.05) is 39.3 Å². The van der Waals surface area contributed by atoms with Gasteiger partial charge in [0.2, 0.25) is 0 Å². The second-order valence-corrected chi connectivity index (χ2v) is 32.0. The number of ether oxygens (including phenoxy) is 2. The molecule has 0 saturated carbocycles. The van der Waals surface area contributed by atoms with E-state index in [0.29, 0.717) is 45.1 Å². The summed E-state index contributed by atoms with van der Waals surface area (Å²) in [4.78, 5) is 30.2. The number of terminal acetylenes is 1. The van der Waals surface area contributed by atoms with Gasteiger partial charge in [0.1, 0.15) is 22.6 Å². The highest BCUT2D eigenvalue weighted by Crippen LogP contribution is 2.49. The topological polar surface area (TPSA) is 181 Å². The van der Waals surface area contributed by atoms with Gasteiger partial charge in [0, 0.05) is 53.8 Å². The summed E-state index contributed by atoms with van der Waals surface area (Å²) in [5.41, 5.74) is 22.8. The lowest BCUT2D eigenvalue weighted by Crippen LogP contribution is -2.42. The van der Waals surface area contributed by atoms with E-state index in [1.54, 1.807) is 9.80 Å². The Balaban J connectivity index is 0.000000160. The molecule has 5 heterocycles. The van der Waals surface area contributed by atoms with Crippen molar-refractivity contribution in [3.63, 3.8) is 0 Å². The smallest absolute Gasteiger partial charge is 0.410 e. The largest absolute Gasteiger partial charge is 0.444 e. The summed E-state index contributed by atoms with van der Waals surface area (Å²) in [5.74, 6) is 2.74. The number of piperidine rings is 3. The number of rotatable bonds is 5. The molecular formula is C73H106N12O4. The third-order valence-electron chi connectivity index (χ3n) is 19.8. The van der Waals surface area contributed by atoms with Crippen LogP contribution in [0.25, 0.3) is 33.0 Å². The molecule has 3 aliphatic carbocycles. The number of aromatic nitrogens is 6. The first-order valence-corrected chi connectivity index (χ1v) is 33.0. The molecule has 6 aliphatic rings. The molecule has 5 aromatic rings. The maximum Gasteiger partial charge on any atom is 0.410 e. The molecule has 0 unspecified atom stereocenters. The number of nitrogens with one attached hydrogen (secondary N) is 1. The summed E-state index contributed by atoms with van der Waals surface area (Å²) in [5, 5.41) is 24.9. The molecule has 3 aromatic carbocycles. The van der Waals surface area contributed by atoms with Crippen LogP contribution in [0.3, 0.4) is 0 Å². The molecule has 89 heavy (non-hydrogen) atoms. The van der Waals surface area contributed by atoms with Crippen LogP contribution < -0.4 is 5.32 Å². The summed E-state index contributed by atoms with van der Waals surface area (Å²) in [6, 6.07) is 21.0. The highest BCUT2D eigenvalue weighted by atomic mass is 16.6. The quantitative estimate of drug-likeness (QED) is 0.0775. The minimum Gasteiger partial charge on any atom is -0.444 e. The Morgan fingerprint density at radius 1 is 0.539 bits per heavy atom. The van der Waals surface area contributed by atoms with Gasteiger partial charge >= 0.3 is 12.2 Å². The van der Waals surface area contributed by atoms with E-state index in [0.717, 1.165) is 61.3 Å². The number of hydrogen-bond donors (Lipinski definition) is 1. The number of carbonyl (C=O) groups is 2. The molecule has 2 aromatic heterocycles. The fraction of sp³-hybridized carbons (Fsp3) is 0.644. The zero-order valence-corrected chi connectivity index (χ0v) is 57.4. The van der Waals surface area contributed by atoms with Crippen molar-refractivity contribution in [2.45, 2.75) is 263 Å². The monoisotopic (exact) mass is 1210 g/mol. The average Bonchev–Trinajstić information content (AvgIpc) is 2.51. The molecule has 1 N–H and O–H groups in total. The van der Waals surface area contributed by atoms with Gasteiger partial charge < -0.3 is 24.6 Å². The molecule has 3 aliphatic heterocycles. The minimum atomic E-state index is -0.465. The lowest BCUT2D eigenvalue weighted by Gasteiger charge is -2.42. The van der Waals surface area contributed by atoms with Gasteiger partial charge in [0.15, 0.2) is 0 Å². The number of hydrogen-bond acceptors (Lipinski definition) is 10. The van der Waals surface area contributed by atoms with Gasteiger partial charge in [-0.2, -0.15) is 0 Å². The van der Waals surface area contributed by atoms with Crippen molar-refractivity contribution in [2.24, 2.45) is 5.11 Å². The number of benzene rings is 3. The SMILES string of the molecule is C#Cc1ccc2c(c1)C(C)(C)CCC2(C)C.CC(C)(C)OC(=O)N1CCC(N=[N+]=[N-])CC1.CC(C)(C)OC(=O)N1CCC(n2cc(-c3ccc4c(c3)C(C)(C)CCC4(C)C)nn2)CC1.CC1(C)CCC(C)(C)c2cc(-c3cn(C4CCNCC4)nn3)ccc21. The van der Waals surface area contributed by atoms with Gasteiger partial charge in [0.05, 0.1) is 24.5 Å². The molecule has 482 valence electrons. The van der Waals surface area contributed by atoms with Crippen LogP contribution in [0.1, 0.15) is 253 Å². The Kier molecular flexibility index (Phi) is 20.4. The van der Waals surface area contributed by atoms with Crippen LogP contribution in [-0.2, 0) is 42.0 Å². The molecule has 3 fully saturated rings. The van der Waals surface area contributed by atoms with Crippen LogP contribution in [0.4, 0.5) is 9.59 Å². The standard InChI is InChI=1S/C26H38N4O2.C21H30N4.C16H20.C10H18N4O2/c1-24(2,3)32-23(31)29-14-10-19(11-15-29)30-17-22(27-28-30)18-8-9-20-21(16-18)26(6,7)13-12-25(20,4)5;1-20(2)9-10-21(3,4)18-13-15(5-6-17(18)20)19-14-25(24-23-19)16-7-11-22-12-8-16;1-6-12-7-8-13-14(11-12)16(4,5)10-9-15(13,2)3;1-10(2,3)16-9(15)14-6-4-8(5-7-14)12-13-11/h8-9,16-17,19H,10-15H2,1-7H3;5-6,13-14,16,22H,7-12H2,1-4H3;1,7-8,11H,9-10H2,2-5H3;8H,4-7H2,1-3H3. The fourth-order valence-corrected chi connectivity index (χ4v) is 13.6. The number of carbonyl (C=O) groups excluding carboxylic acids is 2. The first-order chi connectivity index (χ1) is 41.5. The third-order valence-corrected chi connectivity index (χ3v) is 19.8. The summed E-state index contributed by atoms with van der Waals surface area (Å²) < 4.78 is 14.8. The van der Waals surface area contributed by atoms with Crippen LogP contribution >= 0.6 is 0 Å². The van der Waals surface area contributed by atoms with Crippen LogP contribution in [0.15, 0.2) is 72.1 Å². The van der Waals surface area contributed by atoms with Gasteiger partial charge in [-0.15, -0.1) is 16.6 Å². The first kappa shape index (κ1) is 68.2. The van der Waals surface area contributed by atoms with Crippen LogP contribution in [0, 0.1) is 12.3 Å². The lowest BCUT2D eigenvalue weighted by atomic mass is 9.63. The van der Waals surface area contributed by atoms with E-state index in [-0.39, 0.29) is 56.8 Å². The summed E-state index contributed by atoms with van der Waals surface area (Å²) in [6.07, 6.45) is 22.0. The third kappa shape index (κ3) is 16.8. The average molecular weight is 1220 g/mol. The predicted molar refractivity (Wildman–Crippen MR) is 358 cm³/mol. The Hall–Kier alpha value is -6.69. The van der Waals surface area contributed by atoms with Crippen LogP contribution in [0.5, 0.6) is 0 Å². The Labute approximate surface area is 533 Å². The minimum absolute atomic E-state index is 0.0173. The molecule has 0 radical (unpaired) electrons. The molecule has 0 bridgehead atoms. The normalized spacial score (nSPS) is 20.7. The van der Waals surface area contributed by atoms with E-state index in [1.165, 1.54) is 77.5 Å². The van der Waals surface area contributed by atoms with Gasteiger partial charge in [-0.3, -0.25) is 0 Å². The second kappa shape index (κ2) is 26.6. The van der Waals surface area contributed by atoms with E-state index in [4.69, 9.17) is 21.4 Å². The summed E-state index contributed by atoms with van der Waals surface area (Å²) in [6.45, 7) is 44.1.